The minimum Gasteiger partial charge on any atom is -0.466 e. The summed E-state index contributed by atoms with van der Waals surface area (Å²) < 4.78 is 45.9. The molecule has 0 radical (unpaired) electrons. The van der Waals surface area contributed by atoms with Gasteiger partial charge in [0.1, 0.15) is 5.82 Å². The van der Waals surface area contributed by atoms with Gasteiger partial charge in [-0.2, -0.15) is 0 Å². The first-order chi connectivity index (χ1) is 14.7. The Hall–Kier alpha value is -1.71. The Morgan fingerprint density at radius 2 is 1.71 bits per heavy atom. The molecule has 0 aliphatic carbocycles. The van der Waals surface area contributed by atoms with Gasteiger partial charge in [0.2, 0.25) is 15.9 Å². The number of rotatable bonds is 6. The molecule has 0 N–H and O–H groups in total. The number of sulfonamides is 1. The number of benzene rings is 1. The maximum atomic E-state index is 14.0. The SMILES string of the molecule is CCOC(=O)C1CCN(C(=O)C2CCN(S(=O)(=O)Cc3c(F)cccc3Cl)CC2)CC1. The standard InChI is InChI=1S/C21H28ClFN2O5S/c1-2-30-21(27)16-6-10-24(11-7-16)20(26)15-8-12-25(13-9-15)31(28,29)14-17-18(22)4-3-5-19(17)23/h3-5,15-16H,2,6-14H2,1H3. The minimum absolute atomic E-state index is 0.0107. The van der Waals surface area contributed by atoms with Crippen molar-refractivity contribution in [3.63, 3.8) is 0 Å². The van der Waals surface area contributed by atoms with Gasteiger partial charge in [-0.1, -0.05) is 17.7 Å². The van der Waals surface area contributed by atoms with Crippen molar-refractivity contribution in [1.82, 2.24) is 9.21 Å². The normalized spacial score (nSPS) is 19.4. The van der Waals surface area contributed by atoms with Crippen LogP contribution in [0.4, 0.5) is 4.39 Å². The molecule has 2 heterocycles. The number of halogens is 2. The first-order valence-electron chi connectivity index (χ1n) is 10.6. The molecule has 1 aromatic rings. The summed E-state index contributed by atoms with van der Waals surface area (Å²) in [6, 6.07) is 4.08. The van der Waals surface area contributed by atoms with E-state index in [1.807, 2.05) is 0 Å². The molecule has 2 aliphatic heterocycles. The molecule has 10 heteroatoms. The fourth-order valence-corrected chi connectivity index (χ4v) is 6.10. The van der Waals surface area contributed by atoms with Crippen LogP contribution in [0.1, 0.15) is 38.2 Å². The zero-order valence-electron chi connectivity index (χ0n) is 17.6. The number of likely N-dealkylation sites (tertiary alicyclic amines) is 1. The van der Waals surface area contributed by atoms with Crippen molar-refractivity contribution in [2.75, 3.05) is 32.8 Å². The lowest BCUT2D eigenvalue weighted by atomic mass is 9.92. The van der Waals surface area contributed by atoms with Gasteiger partial charge in [-0.15, -0.1) is 0 Å². The molecule has 0 aromatic heterocycles. The fraction of sp³-hybridized carbons (Fsp3) is 0.619. The first kappa shape index (κ1) is 23.9. The zero-order valence-corrected chi connectivity index (χ0v) is 19.1. The van der Waals surface area contributed by atoms with Crippen LogP contribution in [0.3, 0.4) is 0 Å². The first-order valence-corrected chi connectivity index (χ1v) is 12.6. The second-order valence-corrected chi connectivity index (χ2v) is 10.4. The molecule has 3 rings (SSSR count). The Labute approximate surface area is 187 Å². The lowest BCUT2D eigenvalue weighted by molar-refractivity contribution is -0.152. The molecule has 31 heavy (non-hydrogen) atoms. The molecule has 0 bridgehead atoms. The fourth-order valence-electron chi connectivity index (χ4n) is 4.18. The Kier molecular flexibility index (Phi) is 7.93. The summed E-state index contributed by atoms with van der Waals surface area (Å²) in [5.41, 5.74) is -0.0353. The molecule has 0 unspecified atom stereocenters. The number of nitrogens with zero attached hydrogens (tertiary/aromatic N) is 2. The van der Waals surface area contributed by atoms with Crippen molar-refractivity contribution < 1.29 is 27.1 Å². The summed E-state index contributed by atoms with van der Waals surface area (Å²) in [5, 5.41) is 0.0832. The van der Waals surface area contributed by atoms with E-state index in [9.17, 15) is 22.4 Å². The number of carbonyl (C=O) groups is 2. The lowest BCUT2D eigenvalue weighted by Gasteiger charge is -2.36. The predicted molar refractivity (Wildman–Crippen MR) is 114 cm³/mol. The number of carbonyl (C=O) groups excluding carboxylic acids is 2. The van der Waals surface area contributed by atoms with Gasteiger partial charge in [-0.3, -0.25) is 9.59 Å². The van der Waals surface area contributed by atoms with E-state index < -0.39 is 21.6 Å². The van der Waals surface area contributed by atoms with Gasteiger partial charge in [0.05, 0.1) is 18.3 Å². The second kappa shape index (κ2) is 10.3. The van der Waals surface area contributed by atoms with Crippen LogP contribution < -0.4 is 0 Å². The van der Waals surface area contributed by atoms with Gasteiger partial charge in [0.25, 0.3) is 0 Å². The highest BCUT2D eigenvalue weighted by molar-refractivity contribution is 7.88. The van der Waals surface area contributed by atoms with Crippen molar-refractivity contribution in [2.24, 2.45) is 11.8 Å². The molecule has 1 amide bonds. The molecule has 2 saturated heterocycles. The predicted octanol–water partition coefficient (Wildman–Crippen LogP) is 2.82. The Bertz CT molecular complexity index is 890. The Morgan fingerprint density at radius 3 is 2.29 bits per heavy atom. The van der Waals surface area contributed by atoms with Crippen LogP contribution in [0.5, 0.6) is 0 Å². The molecule has 0 saturated carbocycles. The van der Waals surface area contributed by atoms with Crippen molar-refractivity contribution >= 4 is 33.5 Å². The van der Waals surface area contributed by atoms with Crippen LogP contribution in [0.2, 0.25) is 5.02 Å². The number of esters is 1. The number of hydrogen-bond acceptors (Lipinski definition) is 5. The van der Waals surface area contributed by atoms with E-state index in [1.165, 1.54) is 22.5 Å². The largest absolute Gasteiger partial charge is 0.466 e. The van der Waals surface area contributed by atoms with E-state index in [4.69, 9.17) is 16.3 Å². The number of ether oxygens (including phenoxy) is 1. The van der Waals surface area contributed by atoms with E-state index >= 15 is 0 Å². The van der Waals surface area contributed by atoms with E-state index in [1.54, 1.807) is 11.8 Å². The molecule has 2 fully saturated rings. The smallest absolute Gasteiger partial charge is 0.309 e. The van der Waals surface area contributed by atoms with E-state index in [-0.39, 0.29) is 47.4 Å². The molecule has 7 nitrogen and oxygen atoms in total. The summed E-state index contributed by atoms with van der Waals surface area (Å²) >= 11 is 5.97. The molecule has 0 atom stereocenters. The van der Waals surface area contributed by atoms with Crippen molar-refractivity contribution in [2.45, 2.75) is 38.4 Å². The zero-order chi connectivity index (χ0) is 22.6. The molecule has 2 aliphatic rings. The van der Waals surface area contributed by atoms with Gasteiger partial charge < -0.3 is 9.64 Å². The summed E-state index contributed by atoms with van der Waals surface area (Å²) in [7, 11) is -3.75. The maximum Gasteiger partial charge on any atom is 0.309 e. The maximum absolute atomic E-state index is 14.0. The van der Waals surface area contributed by atoms with Gasteiger partial charge in [0, 0.05) is 42.7 Å². The number of amides is 1. The highest BCUT2D eigenvalue weighted by atomic mass is 35.5. The topological polar surface area (TPSA) is 84.0 Å². The van der Waals surface area contributed by atoms with Crippen LogP contribution in [0.15, 0.2) is 18.2 Å². The van der Waals surface area contributed by atoms with Crippen molar-refractivity contribution in [1.29, 1.82) is 0 Å². The molecular formula is C21H28ClFN2O5S. The molecule has 0 spiro atoms. The lowest BCUT2D eigenvalue weighted by Crippen LogP contribution is -2.47. The van der Waals surface area contributed by atoms with Crippen LogP contribution in [-0.4, -0.2) is 62.3 Å². The summed E-state index contributed by atoms with van der Waals surface area (Å²) in [4.78, 5) is 26.5. The van der Waals surface area contributed by atoms with E-state index in [0.29, 0.717) is 45.4 Å². The number of hydrogen-bond donors (Lipinski definition) is 0. The molecular weight excluding hydrogens is 447 g/mol. The van der Waals surface area contributed by atoms with Gasteiger partial charge >= 0.3 is 5.97 Å². The van der Waals surface area contributed by atoms with Crippen LogP contribution in [0.25, 0.3) is 0 Å². The second-order valence-electron chi connectivity index (χ2n) is 7.98. The third kappa shape index (κ3) is 5.75. The summed E-state index contributed by atoms with van der Waals surface area (Å²) in [5.74, 6) is -1.76. The minimum atomic E-state index is -3.75. The molecule has 1 aromatic carbocycles. The highest BCUT2D eigenvalue weighted by Gasteiger charge is 2.35. The summed E-state index contributed by atoms with van der Waals surface area (Å²) in [6.07, 6.45) is 2.00. The number of piperidine rings is 2. The third-order valence-electron chi connectivity index (χ3n) is 6.01. The van der Waals surface area contributed by atoms with E-state index in [0.717, 1.165) is 0 Å². The van der Waals surface area contributed by atoms with Gasteiger partial charge in [-0.05, 0) is 44.7 Å². The van der Waals surface area contributed by atoms with Gasteiger partial charge in [0.15, 0.2) is 0 Å². The average molecular weight is 475 g/mol. The Balaban J connectivity index is 1.52. The van der Waals surface area contributed by atoms with Crippen molar-refractivity contribution in [3.8, 4) is 0 Å². The molecule has 172 valence electrons. The average Bonchev–Trinajstić information content (AvgIpc) is 2.76. The third-order valence-corrected chi connectivity index (χ3v) is 8.17. The van der Waals surface area contributed by atoms with Gasteiger partial charge in [-0.25, -0.2) is 17.1 Å². The van der Waals surface area contributed by atoms with Crippen molar-refractivity contribution in [3.05, 3.63) is 34.6 Å². The highest BCUT2D eigenvalue weighted by Crippen LogP contribution is 2.28. The van der Waals surface area contributed by atoms with Crippen LogP contribution in [0, 0.1) is 17.7 Å². The van der Waals surface area contributed by atoms with Crippen LogP contribution in [-0.2, 0) is 30.1 Å². The monoisotopic (exact) mass is 474 g/mol. The van der Waals surface area contributed by atoms with Crippen LogP contribution >= 0.6 is 11.6 Å². The summed E-state index contributed by atoms with van der Waals surface area (Å²) in [6.45, 7) is 3.56. The quantitative estimate of drug-likeness (QED) is 0.592. The Morgan fingerprint density at radius 1 is 1.10 bits per heavy atom. The van der Waals surface area contributed by atoms with E-state index in [2.05, 4.69) is 0 Å².